The largest absolute Gasteiger partial charge is 0.370 e. The van der Waals surface area contributed by atoms with Crippen molar-refractivity contribution in [2.45, 2.75) is 64.4 Å². The minimum absolute atomic E-state index is 0.128. The van der Waals surface area contributed by atoms with Crippen molar-refractivity contribution in [3.63, 3.8) is 0 Å². The smallest absolute Gasteiger partial charge is 0.113 e. The Bertz CT molecular complexity index is 204. The molecule has 1 saturated heterocycles. The van der Waals surface area contributed by atoms with Crippen molar-refractivity contribution in [1.29, 1.82) is 0 Å². The molecule has 1 heterocycles. The molecule has 0 bridgehead atoms. The Labute approximate surface area is 80.6 Å². The molecule has 76 valence electrons. The average molecular weight is 184 g/mol. The molecular formula is C11H20O2. The zero-order chi connectivity index (χ0) is 9.64. The Morgan fingerprint density at radius 2 is 2.15 bits per heavy atom. The maximum Gasteiger partial charge on any atom is 0.113 e. The van der Waals surface area contributed by atoms with E-state index in [1.807, 2.05) is 0 Å². The number of hydrogen-bond donors (Lipinski definition) is 0. The number of rotatable bonds is 3. The maximum absolute atomic E-state index is 5.97. The zero-order valence-electron chi connectivity index (χ0n) is 9.04. The van der Waals surface area contributed by atoms with E-state index in [-0.39, 0.29) is 5.60 Å². The molecule has 2 rings (SSSR count). The molecule has 1 aliphatic heterocycles. The SMILES string of the molecule is CCC(C)OC1C(C)OC12CC2C. The molecule has 5 unspecified atom stereocenters. The van der Waals surface area contributed by atoms with Crippen molar-refractivity contribution in [2.24, 2.45) is 5.92 Å². The van der Waals surface area contributed by atoms with Gasteiger partial charge in [-0.05, 0) is 32.6 Å². The van der Waals surface area contributed by atoms with Gasteiger partial charge in [0.25, 0.3) is 0 Å². The molecule has 0 amide bonds. The predicted molar refractivity (Wildman–Crippen MR) is 51.7 cm³/mol. The first kappa shape index (κ1) is 9.47. The second-order valence-corrected chi connectivity index (χ2v) is 4.66. The summed E-state index contributed by atoms with van der Waals surface area (Å²) in [5, 5.41) is 0. The number of ether oxygens (including phenoxy) is 2. The van der Waals surface area contributed by atoms with Crippen LogP contribution in [0.5, 0.6) is 0 Å². The molecule has 0 aromatic rings. The molecule has 13 heavy (non-hydrogen) atoms. The molecule has 5 atom stereocenters. The first-order chi connectivity index (χ1) is 6.10. The molecule has 0 radical (unpaired) electrons. The average Bonchev–Trinajstić information content (AvgIpc) is 2.75. The maximum atomic E-state index is 5.97. The summed E-state index contributed by atoms with van der Waals surface area (Å²) in [6.07, 6.45) is 3.32. The van der Waals surface area contributed by atoms with Crippen LogP contribution in [0, 0.1) is 5.92 Å². The lowest BCUT2D eigenvalue weighted by atomic mass is 9.97. The Morgan fingerprint density at radius 1 is 1.54 bits per heavy atom. The van der Waals surface area contributed by atoms with E-state index in [0.29, 0.717) is 24.2 Å². The standard InChI is InChI=1S/C11H20O2/c1-5-8(3)12-10-9(4)13-11(10)6-7(11)2/h7-10H,5-6H2,1-4H3. The van der Waals surface area contributed by atoms with Gasteiger partial charge in [-0.2, -0.15) is 0 Å². The lowest BCUT2D eigenvalue weighted by Gasteiger charge is -2.45. The van der Waals surface area contributed by atoms with Crippen molar-refractivity contribution in [3.05, 3.63) is 0 Å². The summed E-state index contributed by atoms with van der Waals surface area (Å²) in [6, 6.07) is 0. The third-order valence-corrected chi connectivity index (χ3v) is 3.57. The van der Waals surface area contributed by atoms with Crippen molar-refractivity contribution in [3.8, 4) is 0 Å². The first-order valence-electron chi connectivity index (χ1n) is 5.43. The summed E-state index contributed by atoms with van der Waals surface area (Å²) in [4.78, 5) is 0. The van der Waals surface area contributed by atoms with E-state index in [4.69, 9.17) is 9.47 Å². The normalized spacial score (nSPS) is 50.3. The van der Waals surface area contributed by atoms with Gasteiger partial charge in [0.05, 0.1) is 12.2 Å². The zero-order valence-corrected chi connectivity index (χ0v) is 9.04. The van der Waals surface area contributed by atoms with Gasteiger partial charge in [0.2, 0.25) is 0 Å². The Morgan fingerprint density at radius 3 is 2.54 bits per heavy atom. The van der Waals surface area contributed by atoms with Gasteiger partial charge in [-0.1, -0.05) is 13.8 Å². The van der Waals surface area contributed by atoms with E-state index in [9.17, 15) is 0 Å². The minimum atomic E-state index is 0.128. The van der Waals surface area contributed by atoms with Crippen LogP contribution in [0.2, 0.25) is 0 Å². The fraction of sp³-hybridized carbons (Fsp3) is 1.00. The van der Waals surface area contributed by atoms with Crippen LogP contribution in [0.4, 0.5) is 0 Å². The van der Waals surface area contributed by atoms with Crippen molar-refractivity contribution in [1.82, 2.24) is 0 Å². The Kier molecular flexibility index (Phi) is 2.16. The van der Waals surface area contributed by atoms with Gasteiger partial charge in [0, 0.05) is 0 Å². The van der Waals surface area contributed by atoms with Crippen LogP contribution >= 0.6 is 0 Å². The highest BCUT2D eigenvalue weighted by Crippen LogP contribution is 2.58. The summed E-state index contributed by atoms with van der Waals surface area (Å²) >= 11 is 0. The first-order valence-corrected chi connectivity index (χ1v) is 5.43. The van der Waals surface area contributed by atoms with Crippen molar-refractivity contribution < 1.29 is 9.47 Å². The van der Waals surface area contributed by atoms with Crippen molar-refractivity contribution >= 4 is 0 Å². The molecule has 2 heteroatoms. The number of hydrogen-bond acceptors (Lipinski definition) is 2. The van der Waals surface area contributed by atoms with Gasteiger partial charge in [-0.3, -0.25) is 0 Å². The van der Waals surface area contributed by atoms with Gasteiger partial charge in [0.15, 0.2) is 0 Å². The molecular weight excluding hydrogens is 164 g/mol. The quantitative estimate of drug-likeness (QED) is 0.670. The molecule has 1 spiro atoms. The van der Waals surface area contributed by atoms with E-state index >= 15 is 0 Å². The highest BCUT2D eigenvalue weighted by molar-refractivity contribution is 5.16. The summed E-state index contributed by atoms with van der Waals surface area (Å²) in [6.45, 7) is 8.67. The monoisotopic (exact) mass is 184 g/mol. The van der Waals surface area contributed by atoms with E-state index < -0.39 is 0 Å². The minimum Gasteiger partial charge on any atom is -0.370 e. The van der Waals surface area contributed by atoms with Crippen LogP contribution in [0.25, 0.3) is 0 Å². The molecule has 2 fully saturated rings. The second kappa shape index (κ2) is 2.96. The van der Waals surface area contributed by atoms with Crippen LogP contribution in [0.1, 0.15) is 40.5 Å². The van der Waals surface area contributed by atoms with Crippen LogP contribution in [-0.2, 0) is 9.47 Å². The Balaban J connectivity index is 1.91. The lowest BCUT2D eigenvalue weighted by molar-refractivity contribution is -0.268. The lowest BCUT2D eigenvalue weighted by Crippen LogP contribution is -2.57. The second-order valence-electron chi connectivity index (χ2n) is 4.66. The summed E-state index contributed by atoms with van der Waals surface area (Å²) in [5.41, 5.74) is 0.128. The molecule has 1 saturated carbocycles. The van der Waals surface area contributed by atoms with E-state index in [1.54, 1.807) is 0 Å². The van der Waals surface area contributed by atoms with Crippen LogP contribution < -0.4 is 0 Å². The predicted octanol–water partition coefficient (Wildman–Crippen LogP) is 2.37. The molecule has 2 aliphatic rings. The summed E-state index contributed by atoms with van der Waals surface area (Å²) < 4.78 is 11.8. The highest BCUT2D eigenvalue weighted by atomic mass is 16.6. The fourth-order valence-electron chi connectivity index (χ4n) is 2.35. The molecule has 0 aromatic carbocycles. The third kappa shape index (κ3) is 1.31. The summed E-state index contributed by atoms with van der Waals surface area (Å²) in [7, 11) is 0. The van der Waals surface area contributed by atoms with E-state index in [1.165, 1.54) is 6.42 Å². The molecule has 0 N–H and O–H groups in total. The molecule has 0 aromatic heterocycles. The van der Waals surface area contributed by atoms with Gasteiger partial charge < -0.3 is 9.47 Å². The fourth-order valence-corrected chi connectivity index (χ4v) is 2.35. The molecule has 1 aliphatic carbocycles. The van der Waals surface area contributed by atoms with Crippen molar-refractivity contribution in [2.75, 3.05) is 0 Å². The topological polar surface area (TPSA) is 18.5 Å². The van der Waals surface area contributed by atoms with Crippen LogP contribution in [0.15, 0.2) is 0 Å². The van der Waals surface area contributed by atoms with Gasteiger partial charge in [-0.15, -0.1) is 0 Å². The summed E-state index contributed by atoms with van der Waals surface area (Å²) in [5.74, 6) is 0.706. The van der Waals surface area contributed by atoms with Crippen LogP contribution in [0.3, 0.4) is 0 Å². The van der Waals surface area contributed by atoms with Gasteiger partial charge >= 0.3 is 0 Å². The Hall–Kier alpha value is -0.0800. The molecule has 2 nitrogen and oxygen atoms in total. The van der Waals surface area contributed by atoms with Gasteiger partial charge in [0.1, 0.15) is 11.7 Å². The van der Waals surface area contributed by atoms with Crippen LogP contribution in [-0.4, -0.2) is 23.9 Å². The van der Waals surface area contributed by atoms with E-state index in [2.05, 4.69) is 27.7 Å². The highest BCUT2D eigenvalue weighted by Gasteiger charge is 2.68. The van der Waals surface area contributed by atoms with Gasteiger partial charge in [-0.25, -0.2) is 0 Å². The third-order valence-electron chi connectivity index (χ3n) is 3.57. The van der Waals surface area contributed by atoms with E-state index in [0.717, 1.165) is 6.42 Å².